The van der Waals surface area contributed by atoms with Gasteiger partial charge in [0.15, 0.2) is 11.5 Å². The summed E-state index contributed by atoms with van der Waals surface area (Å²) in [5.41, 5.74) is 1.52. The van der Waals surface area contributed by atoms with E-state index < -0.39 is 28.2 Å². The van der Waals surface area contributed by atoms with Gasteiger partial charge >= 0.3 is 0 Å². The number of rotatable bonds is 9. The lowest BCUT2D eigenvalue weighted by molar-refractivity contribution is -0.131. The number of imide groups is 1. The minimum Gasteiger partial charge on any atom is -0.488 e. The van der Waals surface area contributed by atoms with Crippen LogP contribution in [0.3, 0.4) is 0 Å². The lowest BCUT2D eigenvalue weighted by Gasteiger charge is -2.66. The van der Waals surface area contributed by atoms with Crippen molar-refractivity contribution in [2.45, 2.75) is 76.0 Å². The van der Waals surface area contributed by atoms with Gasteiger partial charge in [-0.3, -0.25) is 34.0 Å². The number of pyridine rings is 1. The quantitative estimate of drug-likeness (QED) is 0.183. The molecule has 16 nitrogen and oxygen atoms in total. The van der Waals surface area contributed by atoms with E-state index in [1.165, 1.54) is 0 Å². The third kappa shape index (κ3) is 6.41. The second kappa shape index (κ2) is 15.1. The third-order valence-electron chi connectivity index (χ3n) is 15.0. The average molecular weight is 851 g/mol. The number of nitrogens with one attached hydrogen (secondary N) is 2. The van der Waals surface area contributed by atoms with E-state index in [1.54, 1.807) is 30.5 Å². The SMILES string of the molecule is CC1(C)C(NC(=O)c2ccc(N3CCC(CCN4CCN(c5ccc6c(c5)C(=O)N(C5(C=O)CCC(=O)NC5)C6=O)CC4)CC3)nn2)C2(C)c3ccnc4c(C#N)ccc(c34)O[C@@H]12. The first kappa shape index (κ1) is 40.6. The number of hydrogen-bond donors (Lipinski definition) is 2. The molecule has 6 aliphatic rings. The van der Waals surface area contributed by atoms with Crippen molar-refractivity contribution in [1.29, 1.82) is 5.26 Å². The number of aromatic nitrogens is 3. The second-order valence-electron chi connectivity index (χ2n) is 18.8. The molecule has 1 saturated carbocycles. The number of amides is 4. The van der Waals surface area contributed by atoms with Crippen LogP contribution in [0.5, 0.6) is 5.75 Å². The number of nitrogens with zero attached hydrogens (tertiary/aromatic N) is 8. The average Bonchev–Trinajstić information content (AvgIpc) is 3.57. The fourth-order valence-corrected chi connectivity index (χ4v) is 11.5. The highest BCUT2D eigenvalue weighted by Crippen LogP contribution is 2.61. The molecule has 4 fully saturated rings. The first-order chi connectivity index (χ1) is 30.4. The van der Waals surface area contributed by atoms with Gasteiger partial charge in [0.25, 0.3) is 17.7 Å². The van der Waals surface area contributed by atoms with Gasteiger partial charge in [-0.05, 0) is 99.2 Å². The summed E-state index contributed by atoms with van der Waals surface area (Å²) in [6, 6.07) is 16.5. The van der Waals surface area contributed by atoms with E-state index in [2.05, 4.69) is 67.4 Å². The number of fused-ring (bicyclic) bond motifs is 3. The minimum atomic E-state index is -1.37. The fraction of sp³-hybridized carbons (Fsp3) is 0.468. The molecule has 4 aromatic rings. The number of benzene rings is 2. The van der Waals surface area contributed by atoms with Crippen molar-refractivity contribution in [3.8, 4) is 11.8 Å². The Hall–Kier alpha value is -6.47. The Bertz CT molecular complexity index is 2600. The molecule has 5 aliphatic heterocycles. The van der Waals surface area contributed by atoms with Crippen LogP contribution in [-0.4, -0.2) is 125 Å². The number of piperazine rings is 1. The van der Waals surface area contributed by atoms with Crippen molar-refractivity contribution in [3.63, 3.8) is 0 Å². The summed E-state index contributed by atoms with van der Waals surface area (Å²) in [5.74, 6) is 0.585. The second-order valence-corrected chi connectivity index (χ2v) is 18.8. The zero-order valence-corrected chi connectivity index (χ0v) is 35.7. The topological polar surface area (TPSA) is 194 Å². The highest BCUT2D eigenvalue weighted by molar-refractivity contribution is 6.23. The molecule has 16 heteroatoms. The van der Waals surface area contributed by atoms with E-state index in [-0.39, 0.29) is 54.6 Å². The standard InChI is InChI=1S/C47H50N10O6/c1-45(2)43(46(3)33-11-16-49-39-29(25-48)4-8-35(38(33)39)63-44(45)46)51-40(60)34-7-9-36(53-52-34)56-18-13-28(14-19-56)12-17-54-20-22-55(23-21-54)30-5-6-31-32(24-30)42(62)57(41(31)61)47(27-58)15-10-37(59)50-26-47/h4-9,11,16,24,27-28,43-44H,10,12-15,17-23,26H2,1-3H3,(H,50,59)(H,51,60)/t43?,44-,46?,47?/m0/s1. The van der Waals surface area contributed by atoms with Gasteiger partial charge in [0, 0.05) is 74.9 Å². The molecule has 324 valence electrons. The molecule has 3 saturated heterocycles. The first-order valence-electron chi connectivity index (χ1n) is 22.0. The van der Waals surface area contributed by atoms with Crippen LogP contribution >= 0.6 is 0 Å². The maximum absolute atomic E-state index is 13.7. The maximum Gasteiger partial charge on any atom is 0.272 e. The van der Waals surface area contributed by atoms with Gasteiger partial charge in [0.1, 0.15) is 29.7 Å². The molecule has 2 aromatic heterocycles. The van der Waals surface area contributed by atoms with E-state index in [4.69, 9.17) is 4.74 Å². The number of piperidine rings is 2. The summed E-state index contributed by atoms with van der Waals surface area (Å²) in [6.07, 6.45) is 5.54. The zero-order valence-electron chi connectivity index (χ0n) is 35.7. The molecule has 1 aliphatic carbocycles. The molecule has 2 aromatic carbocycles. The number of nitriles is 1. The zero-order chi connectivity index (χ0) is 43.8. The summed E-state index contributed by atoms with van der Waals surface area (Å²) in [7, 11) is 0. The van der Waals surface area contributed by atoms with Crippen LogP contribution in [0.25, 0.3) is 10.9 Å². The van der Waals surface area contributed by atoms with Gasteiger partial charge in [-0.25, -0.2) is 0 Å². The Morgan fingerprint density at radius 2 is 1.73 bits per heavy atom. The number of anilines is 2. The van der Waals surface area contributed by atoms with Crippen molar-refractivity contribution < 1.29 is 28.7 Å². The van der Waals surface area contributed by atoms with Crippen LogP contribution < -0.4 is 25.2 Å². The predicted octanol–water partition coefficient (Wildman–Crippen LogP) is 3.63. The van der Waals surface area contributed by atoms with Crippen molar-refractivity contribution in [2.24, 2.45) is 11.3 Å². The number of carbonyl (C=O) groups is 5. The van der Waals surface area contributed by atoms with Crippen LogP contribution in [0.2, 0.25) is 0 Å². The Morgan fingerprint density at radius 3 is 2.43 bits per heavy atom. The summed E-state index contributed by atoms with van der Waals surface area (Å²) in [5, 5.41) is 25.4. The van der Waals surface area contributed by atoms with Gasteiger partial charge in [-0.15, -0.1) is 10.2 Å². The molecule has 2 N–H and O–H groups in total. The van der Waals surface area contributed by atoms with Crippen molar-refractivity contribution >= 4 is 52.3 Å². The van der Waals surface area contributed by atoms with Crippen molar-refractivity contribution in [2.75, 3.05) is 62.2 Å². The fourth-order valence-electron chi connectivity index (χ4n) is 11.5. The Balaban J connectivity index is 0.701. The summed E-state index contributed by atoms with van der Waals surface area (Å²) < 4.78 is 6.56. The lowest BCUT2D eigenvalue weighted by atomic mass is 9.45. The van der Waals surface area contributed by atoms with E-state index in [9.17, 15) is 29.2 Å². The summed E-state index contributed by atoms with van der Waals surface area (Å²) >= 11 is 0. The normalized spacial score (nSPS) is 26.6. The minimum absolute atomic E-state index is 0.0718. The lowest BCUT2D eigenvalue weighted by Crippen LogP contribution is -2.78. The van der Waals surface area contributed by atoms with Gasteiger partial charge in [0.05, 0.1) is 33.7 Å². The van der Waals surface area contributed by atoms with Crippen LogP contribution in [0.1, 0.15) is 95.2 Å². The molecular formula is C47H50N10O6. The smallest absolute Gasteiger partial charge is 0.272 e. The van der Waals surface area contributed by atoms with E-state index in [1.807, 2.05) is 24.3 Å². The Kier molecular flexibility index (Phi) is 9.74. The van der Waals surface area contributed by atoms with E-state index in [0.717, 1.165) is 92.4 Å². The highest BCUT2D eigenvalue weighted by atomic mass is 16.5. The molecule has 0 spiro atoms. The Labute approximate surface area is 364 Å². The maximum atomic E-state index is 13.7. The monoisotopic (exact) mass is 850 g/mol. The molecule has 4 amide bonds. The summed E-state index contributed by atoms with van der Waals surface area (Å²) in [4.78, 5) is 77.2. The van der Waals surface area contributed by atoms with Gasteiger partial charge in [-0.1, -0.05) is 13.8 Å². The number of carbonyl (C=O) groups excluding carboxylic acids is 5. The van der Waals surface area contributed by atoms with Crippen molar-refractivity contribution in [3.05, 3.63) is 82.7 Å². The van der Waals surface area contributed by atoms with Gasteiger partial charge in [-0.2, -0.15) is 5.26 Å². The number of hydrogen-bond acceptors (Lipinski definition) is 13. The highest BCUT2D eigenvalue weighted by Gasteiger charge is 2.69. The summed E-state index contributed by atoms with van der Waals surface area (Å²) in [6.45, 7) is 12.3. The largest absolute Gasteiger partial charge is 0.488 e. The van der Waals surface area contributed by atoms with Crippen LogP contribution in [0, 0.1) is 22.7 Å². The number of ether oxygens (including phenoxy) is 1. The number of aldehydes is 1. The molecule has 63 heavy (non-hydrogen) atoms. The van der Waals surface area contributed by atoms with E-state index >= 15 is 0 Å². The van der Waals surface area contributed by atoms with Gasteiger partial charge in [0.2, 0.25) is 5.91 Å². The van der Waals surface area contributed by atoms with Crippen LogP contribution in [0.4, 0.5) is 11.5 Å². The first-order valence-corrected chi connectivity index (χ1v) is 22.0. The predicted molar refractivity (Wildman–Crippen MR) is 231 cm³/mol. The molecular weight excluding hydrogens is 801 g/mol. The van der Waals surface area contributed by atoms with E-state index in [0.29, 0.717) is 34.6 Å². The van der Waals surface area contributed by atoms with Crippen molar-refractivity contribution in [1.82, 2.24) is 35.6 Å². The molecule has 3 unspecified atom stereocenters. The molecule has 4 atom stereocenters. The van der Waals surface area contributed by atoms with Crippen LogP contribution in [0.15, 0.2) is 54.7 Å². The van der Waals surface area contributed by atoms with Crippen LogP contribution in [-0.2, 0) is 15.0 Å². The molecule has 10 rings (SSSR count). The Morgan fingerprint density at radius 1 is 0.952 bits per heavy atom. The van der Waals surface area contributed by atoms with Gasteiger partial charge < -0.3 is 30.0 Å². The molecule has 7 heterocycles. The molecule has 0 bridgehead atoms. The third-order valence-corrected chi connectivity index (χ3v) is 15.0. The molecule has 0 radical (unpaired) electrons.